The van der Waals surface area contributed by atoms with E-state index in [2.05, 4.69) is 70.3 Å². The van der Waals surface area contributed by atoms with Gasteiger partial charge in [-0.1, -0.05) is 46.3 Å². The predicted molar refractivity (Wildman–Crippen MR) is 94.3 cm³/mol. The lowest BCUT2D eigenvalue weighted by Crippen LogP contribution is -2.63. The van der Waals surface area contributed by atoms with Crippen LogP contribution in [0.25, 0.3) is 0 Å². The molecule has 1 aliphatic rings. The maximum atomic E-state index is 11.9. The Morgan fingerprint density at radius 3 is 2.10 bits per heavy atom. The SMILES string of the molecule is CC(O[Si](C)(C)C(C)(C)C)[C@@H]1C(=O)N[C@H]1C#C[Si](C)(C)C. The van der Waals surface area contributed by atoms with Gasteiger partial charge in [-0.05, 0) is 25.1 Å². The van der Waals surface area contributed by atoms with Gasteiger partial charge in [-0.25, -0.2) is 0 Å². The fourth-order valence-corrected chi connectivity index (χ4v) is 4.03. The van der Waals surface area contributed by atoms with Gasteiger partial charge in [0.25, 0.3) is 0 Å². The smallest absolute Gasteiger partial charge is 0.229 e. The molecule has 0 aromatic carbocycles. The highest BCUT2D eigenvalue weighted by molar-refractivity contribution is 6.83. The highest BCUT2D eigenvalue weighted by Crippen LogP contribution is 2.38. The molecule has 3 nitrogen and oxygen atoms in total. The summed E-state index contributed by atoms with van der Waals surface area (Å²) in [6, 6.07) is -0.0380. The summed E-state index contributed by atoms with van der Waals surface area (Å²) in [7, 11) is -3.26. The molecule has 0 aromatic heterocycles. The number of β-lactam (4-membered cyclic amide) rings is 1. The van der Waals surface area contributed by atoms with Crippen molar-refractivity contribution in [2.24, 2.45) is 5.92 Å². The van der Waals surface area contributed by atoms with E-state index in [-0.39, 0.29) is 29.0 Å². The first-order valence-electron chi connectivity index (χ1n) is 7.75. The van der Waals surface area contributed by atoms with E-state index in [1.807, 2.05) is 6.92 Å². The van der Waals surface area contributed by atoms with Crippen molar-refractivity contribution < 1.29 is 9.22 Å². The molecule has 3 atom stereocenters. The van der Waals surface area contributed by atoms with Crippen LogP contribution in [0.15, 0.2) is 0 Å². The van der Waals surface area contributed by atoms with E-state index >= 15 is 0 Å². The van der Waals surface area contributed by atoms with Crippen LogP contribution < -0.4 is 5.32 Å². The lowest BCUT2D eigenvalue weighted by Gasteiger charge is -2.44. The third-order valence-corrected chi connectivity index (χ3v) is 9.82. The second-order valence-electron chi connectivity index (χ2n) is 8.61. The maximum absolute atomic E-state index is 11.9. The molecular formula is C16H31NO2Si2. The van der Waals surface area contributed by atoms with Crippen LogP contribution in [0.5, 0.6) is 0 Å². The Bertz CT molecular complexity index is 463. The van der Waals surface area contributed by atoms with Crippen LogP contribution in [0, 0.1) is 17.4 Å². The van der Waals surface area contributed by atoms with Gasteiger partial charge in [0.15, 0.2) is 8.32 Å². The van der Waals surface area contributed by atoms with Crippen molar-refractivity contribution >= 4 is 22.3 Å². The lowest BCUT2D eigenvalue weighted by atomic mass is 9.87. The standard InChI is InChI=1S/C16H31NO2Si2/c1-12(19-21(8,9)16(2,3)4)14-13(17-15(14)18)10-11-20(5,6)7/h12-14H,1-9H3,(H,17,18)/t12?,13-,14-/m0/s1. The summed E-state index contributed by atoms with van der Waals surface area (Å²) in [4.78, 5) is 11.9. The van der Waals surface area contributed by atoms with Gasteiger partial charge in [-0.3, -0.25) is 4.79 Å². The molecule has 21 heavy (non-hydrogen) atoms. The lowest BCUT2D eigenvalue weighted by molar-refractivity contribution is -0.137. The Balaban J connectivity index is 2.79. The summed E-state index contributed by atoms with van der Waals surface area (Å²) < 4.78 is 6.36. The van der Waals surface area contributed by atoms with Crippen LogP contribution >= 0.6 is 0 Å². The van der Waals surface area contributed by atoms with Crippen molar-refractivity contribution in [3.63, 3.8) is 0 Å². The van der Waals surface area contributed by atoms with Crippen molar-refractivity contribution in [1.29, 1.82) is 0 Å². The van der Waals surface area contributed by atoms with Crippen LogP contribution in [0.4, 0.5) is 0 Å². The van der Waals surface area contributed by atoms with E-state index in [4.69, 9.17) is 4.43 Å². The topological polar surface area (TPSA) is 38.3 Å². The van der Waals surface area contributed by atoms with Crippen molar-refractivity contribution in [3.8, 4) is 11.5 Å². The van der Waals surface area contributed by atoms with Gasteiger partial charge in [0, 0.05) is 0 Å². The van der Waals surface area contributed by atoms with Gasteiger partial charge in [0.05, 0.1) is 12.0 Å². The number of rotatable bonds is 3. The Morgan fingerprint density at radius 2 is 1.71 bits per heavy atom. The van der Waals surface area contributed by atoms with Crippen LogP contribution in [-0.4, -0.2) is 34.4 Å². The van der Waals surface area contributed by atoms with Crippen molar-refractivity contribution in [2.75, 3.05) is 0 Å². The van der Waals surface area contributed by atoms with E-state index in [1.165, 1.54) is 0 Å². The number of amides is 1. The number of carbonyl (C=O) groups is 1. The number of carbonyl (C=O) groups excluding carboxylic acids is 1. The molecule has 1 saturated heterocycles. The van der Waals surface area contributed by atoms with Crippen molar-refractivity contribution in [2.45, 2.75) is 77.6 Å². The van der Waals surface area contributed by atoms with Gasteiger partial charge < -0.3 is 9.74 Å². The Hall–Kier alpha value is -0.576. The highest BCUT2D eigenvalue weighted by atomic mass is 28.4. The van der Waals surface area contributed by atoms with Crippen LogP contribution in [-0.2, 0) is 9.22 Å². The summed E-state index contributed by atoms with van der Waals surface area (Å²) in [5.41, 5.74) is 3.35. The minimum atomic E-state index is -1.85. The van der Waals surface area contributed by atoms with E-state index in [1.54, 1.807) is 0 Å². The zero-order chi connectivity index (χ0) is 16.6. The van der Waals surface area contributed by atoms with Crippen LogP contribution in [0.1, 0.15) is 27.7 Å². The molecule has 1 aliphatic heterocycles. The third kappa shape index (κ3) is 4.70. The van der Waals surface area contributed by atoms with Crippen molar-refractivity contribution in [3.05, 3.63) is 0 Å². The summed E-state index contributed by atoms with van der Waals surface area (Å²) in [5, 5.41) is 3.07. The normalized spacial score (nSPS) is 24.5. The Labute approximate surface area is 132 Å². The van der Waals surface area contributed by atoms with Crippen LogP contribution in [0.3, 0.4) is 0 Å². The molecule has 120 valence electrons. The summed E-state index contributed by atoms with van der Waals surface area (Å²) in [6.45, 7) is 19.8. The molecule has 0 radical (unpaired) electrons. The minimum absolute atomic E-state index is 0.0380. The molecule has 5 heteroatoms. The molecule has 0 aromatic rings. The summed E-state index contributed by atoms with van der Waals surface area (Å²) in [5.74, 6) is 3.22. The average Bonchev–Trinajstić information content (AvgIpc) is 2.19. The second-order valence-corrected chi connectivity index (χ2v) is 18.1. The quantitative estimate of drug-likeness (QED) is 0.491. The van der Waals surface area contributed by atoms with E-state index in [0.29, 0.717) is 0 Å². The number of nitrogens with one attached hydrogen (secondary N) is 1. The zero-order valence-corrected chi connectivity index (χ0v) is 17.0. The van der Waals surface area contributed by atoms with E-state index in [9.17, 15) is 4.79 Å². The molecule has 0 bridgehead atoms. The first-order chi connectivity index (χ1) is 9.24. The summed E-state index contributed by atoms with van der Waals surface area (Å²) >= 11 is 0. The molecule has 0 aliphatic carbocycles. The molecule has 1 rings (SSSR count). The zero-order valence-electron chi connectivity index (χ0n) is 15.0. The largest absolute Gasteiger partial charge is 0.413 e. The highest BCUT2D eigenvalue weighted by Gasteiger charge is 2.46. The summed E-state index contributed by atoms with van der Waals surface area (Å²) in [6.07, 6.45) is -0.0689. The Morgan fingerprint density at radius 1 is 1.19 bits per heavy atom. The first kappa shape index (κ1) is 18.5. The predicted octanol–water partition coefficient (Wildman–Crippen LogP) is 3.39. The molecule has 1 fully saturated rings. The molecule has 1 N–H and O–H groups in total. The third-order valence-electron chi connectivity index (χ3n) is 4.35. The Kier molecular flexibility index (Phi) is 5.19. The second kappa shape index (κ2) is 5.90. The van der Waals surface area contributed by atoms with E-state index < -0.39 is 16.4 Å². The maximum Gasteiger partial charge on any atom is 0.229 e. The van der Waals surface area contributed by atoms with E-state index in [0.717, 1.165) is 0 Å². The number of hydrogen-bond donors (Lipinski definition) is 1. The number of hydrogen-bond acceptors (Lipinski definition) is 2. The first-order valence-corrected chi connectivity index (χ1v) is 14.2. The van der Waals surface area contributed by atoms with Gasteiger partial charge in [-0.2, -0.15) is 0 Å². The van der Waals surface area contributed by atoms with Gasteiger partial charge in [0.1, 0.15) is 14.1 Å². The van der Waals surface area contributed by atoms with Gasteiger partial charge >= 0.3 is 0 Å². The monoisotopic (exact) mass is 325 g/mol. The molecular weight excluding hydrogens is 294 g/mol. The molecule has 1 amide bonds. The fourth-order valence-electron chi connectivity index (χ4n) is 2.01. The minimum Gasteiger partial charge on any atom is -0.413 e. The molecule has 0 spiro atoms. The van der Waals surface area contributed by atoms with Crippen molar-refractivity contribution in [1.82, 2.24) is 5.32 Å². The molecule has 1 heterocycles. The fraction of sp³-hybridized carbons (Fsp3) is 0.812. The van der Waals surface area contributed by atoms with Crippen LogP contribution in [0.2, 0.25) is 37.8 Å². The van der Waals surface area contributed by atoms with Gasteiger partial charge in [-0.15, -0.1) is 5.54 Å². The molecule has 1 unspecified atom stereocenters. The molecule has 0 saturated carbocycles. The average molecular weight is 326 g/mol. The van der Waals surface area contributed by atoms with Gasteiger partial charge in [0.2, 0.25) is 5.91 Å².